The van der Waals surface area contributed by atoms with Crippen LogP contribution < -0.4 is 16.0 Å². The first kappa shape index (κ1) is 20.3. The third kappa shape index (κ3) is 4.87. The van der Waals surface area contributed by atoms with E-state index in [1.54, 1.807) is 25.1 Å². The number of hydrogen-bond donors (Lipinski definition) is 3. The molecule has 3 N–H and O–H groups in total. The number of amides is 3. The van der Waals surface area contributed by atoms with Crippen LogP contribution in [0.5, 0.6) is 0 Å². The van der Waals surface area contributed by atoms with Crippen LogP contribution in [0.4, 0.5) is 15.8 Å². The molecule has 2 aromatic carbocycles. The van der Waals surface area contributed by atoms with Gasteiger partial charge in [-0.25, -0.2) is 4.39 Å². The molecule has 0 saturated heterocycles. The zero-order valence-corrected chi connectivity index (χ0v) is 16.0. The first-order valence-electron chi connectivity index (χ1n) is 9.29. The van der Waals surface area contributed by atoms with Crippen LogP contribution in [0.2, 0.25) is 0 Å². The monoisotopic (exact) mass is 395 g/mol. The fourth-order valence-corrected chi connectivity index (χ4v) is 3.08. The van der Waals surface area contributed by atoms with Gasteiger partial charge in [-0.3, -0.25) is 14.4 Å². The summed E-state index contributed by atoms with van der Waals surface area (Å²) in [6.45, 7) is 5.98. The third-order valence-electron chi connectivity index (χ3n) is 4.88. The van der Waals surface area contributed by atoms with Crippen molar-refractivity contribution in [3.8, 4) is 0 Å². The normalized spacial score (nSPS) is 13.2. The van der Waals surface area contributed by atoms with Crippen molar-refractivity contribution < 1.29 is 18.8 Å². The van der Waals surface area contributed by atoms with E-state index in [1.807, 2.05) is 0 Å². The molecule has 0 bridgehead atoms. The molecule has 3 rings (SSSR count). The van der Waals surface area contributed by atoms with Gasteiger partial charge < -0.3 is 16.0 Å². The van der Waals surface area contributed by atoms with Gasteiger partial charge in [-0.05, 0) is 55.3 Å². The lowest BCUT2D eigenvalue weighted by molar-refractivity contribution is -0.118. The Hall–Kier alpha value is -3.48. The molecule has 1 aliphatic heterocycles. The molecule has 1 aliphatic rings. The number of carbonyl (C=O) groups is 3. The van der Waals surface area contributed by atoms with Crippen molar-refractivity contribution in [2.45, 2.75) is 19.8 Å². The van der Waals surface area contributed by atoms with E-state index in [4.69, 9.17) is 0 Å². The number of nitrogens with one attached hydrogen (secondary N) is 3. The van der Waals surface area contributed by atoms with E-state index in [1.165, 1.54) is 24.3 Å². The Morgan fingerprint density at radius 1 is 1.21 bits per heavy atom. The SMILES string of the molecule is C=C(CCNC(=O)c1cccc2c1CC(=O)N2)C(C)C(=O)Nc1ccc(F)cc1. The van der Waals surface area contributed by atoms with Gasteiger partial charge in [0.2, 0.25) is 11.8 Å². The second-order valence-corrected chi connectivity index (χ2v) is 6.94. The molecule has 0 fully saturated rings. The lowest BCUT2D eigenvalue weighted by Crippen LogP contribution is -2.28. The van der Waals surface area contributed by atoms with Crippen molar-refractivity contribution in [2.75, 3.05) is 17.2 Å². The van der Waals surface area contributed by atoms with E-state index < -0.39 is 5.92 Å². The lowest BCUT2D eigenvalue weighted by atomic mass is 9.98. The van der Waals surface area contributed by atoms with Crippen LogP contribution in [0, 0.1) is 11.7 Å². The number of rotatable bonds is 7. The first-order valence-corrected chi connectivity index (χ1v) is 9.29. The Kier molecular flexibility index (Phi) is 6.07. The number of hydrogen-bond acceptors (Lipinski definition) is 3. The van der Waals surface area contributed by atoms with E-state index in [9.17, 15) is 18.8 Å². The van der Waals surface area contributed by atoms with Crippen molar-refractivity contribution in [1.29, 1.82) is 0 Å². The highest BCUT2D eigenvalue weighted by molar-refractivity contribution is 6.05. The molecule has 0 aromatic heterocycles. The van der Waals surface area contributed by atoms with Crippen molar-refractivity contribution in [3.63, 3.8) is 0 Å². The average molecular weight is 395 g/mol. The molecule has 150 valence electrons. The average Bonchev–Trinajstić information content (AvgIpc) is 3.08. The lowest BCUT2D eigenvalue weighted by Gasteiger charge is -2.16. The zero-order chi connectivity index (χ0) is 21.0. The number of anilines is 2. The molecule has 7 heteroatoms. The second-order valence-electron chi connectivity index (χ2n) is 6.94. The van der Waals surface area contributed by atoms with E-state index in [0.29, 0.717) is 41.0 Å². The van der Waals surface area contributed by atoms with Gasteiger partial charge in [-0.2, -0.15) is 0 Å². The summed E-state index contributed by atoms with van der Waals surface area (Å²) in [6.07, 6.45) is 0.613. The van der Waals surface area contributed by atoms with Crippen LogP contribution in [0.3, 0.4) is 0 Å². The van der Waals surface area contributed by atoms with Crippen molar-refractivity contribution in [2.24, 2.45) is 5.92 Å². The summed E-state index contributed by atoms with van der Waals surface area (Å²) >= 11 is 0. The largest absolute Gasteiger partial charge is 0.352 e. The fourth-order valence-electron chi connectivity index (χ4n) is 3.08. The molecular formula is C22H22FN3O3. The van der Waals surface area contributed by atoms with Gasteiger partial charge in [0.05, 0.1) is 12.3 Å². The van der Waals surface area contributed by atoms with Crippen LogP contribution >= 0.6 is 0 Å². The molecular weight excluding hydrogens is 373 g/mol. The van der Waals surface area contributed by atoms with E-state index in [0.717, 1.165) is 0 Å². The number of benzene rings is 2. The number of carbonyl (C=O) groups excluding carboxylic acids is 3. The van der Waals surface area contributed by atoms with Gasteiger partial charge in [0.25, 0.3) is 5.91 Å². The Morgan fingerprint density at radius 2 is 1.93 bits per heavy atom. The Morgan fingerprint density at radius 3 is 2.66 bits per heavy atom. The van der Waals surface area contributed by atoms with Crippen molar-refractivity contribution in [3.05, 3.63) is 71.6 Å². The molecule has 0 radical (unpaired) electrons. The molecule has 0 saturated carbocycles. The molecule has 1 atom stereocenters. The topological polar surface area (TPSA) is 87.3 Å². The van der Waals surface area contributed by atoms with Crippen LogP contribution in [0.15, 0.2) is 54.6 Å². The standard InChI is InChI=1S/C22H22FN3O3/c1-13(14(2)21(28)25-16-8-6-15(23)7-9-16)10-11-24-22(29)17-4-3-5-19-18(17)12-20(27)26-19/h3-9,14H,1,10-12H2,2H3,(H,24,29)(H,25,28)(H,26,27). The first-order chi connectivity index (χ1) is 13.8. The molecule has 0 aliphatic carbocycles. The van der Waals surface area contributed by atoms with E-state index >= 15 is 0 Å². The quantitative estimate of drug-likeness (QED) is 0.629. The maximum Gasteiger partial charge on any atom is 0.251 e. The van der Waals surface area contributed by atoms with Crippen molar-refractivity contribution >= 4 is 29.1 Å². The summed E-state index contributed by atoms with van der Waals surface area (Å²) in [4.78, 5) is 36.4. The third-order valence-corrected chi connectivity index (χ3v) is 4.88. The summed E-state index contributed by atoms with van der Waals surface area (Å²) < 4.78 is 12.9. The van der Waals surface area contributed by atoms with Crippen LogP contribution in [-0.2, 0) is 16.0 Å². The van der Waals surface area contributed by atoms with Crippen LogP contribution in [0.1, 0.15) is 29.3 Å². The highest BCUT2D eigenvalue weighted by Crippen LogP contribution is 2.26. The minimum absolute atomic E-state index is 0.130. The summed E-state index contributed by atoms with van der Waals surface area (Å²) in [5.41, 5.74) is 3.00. The fraction of sp³-hybridized carbons (Fsp3) is 0.227. The van der Waals surface area contributed by atoms with Gasteiger partial charge in [0.1, 0.15) is 5.82 Å². The predicted octanol–water partition coefficient (Wildman–Crippen LogP) is 3.27. The molecule has 29 heavy (non-hydrogen) atoms. The zero-order valence-electron chi connectivity index (χ0n) is 16.0. The van der Waals surface area contributed by atoms with Gasteiger partial charge >= 0.3 is 0 Å². The summed E-state index contributed by atoms with van der Waals surface area (Å²) in [5, 5.41) is 8.25. The van der Waals surface area contributed by atoms with E-state index in [-0.39, 0.29) is 30.0 Å². The predicted molar refractivity (Wildman–Crippen MR) is 109 cm³/mol. The van der Waals surface area contributed by atoms with Crippen LogP contribution in [0.25, 0.3) is 0 Å². The molecule has 3 amide bonds. The number of fused-ring (bicyclic) bond motifs is 1. The van der Waals surface area contributed by atoms with Gasteiger partial charge in [-0.15, -0.1) is 0 Å². The molecule has 2 aromatic rings. The highest BCUT2D eigenvalue weighted by Gasteiger charge is 2.23. The maximum absolute atomic E-state index is 12.9. The molecule has 0 spiro atoms. The minimum Gasteiger partial charge on any atom is -0.352 e. The van der Waals surface area contributed by atoms with E-state index in [2.05, 4.69) is 22.5 Å². The van der Waals surface area contributed by atoms with Gasteiger partial charge in [0, 0.05) is 23.5 Å². The van der Waals surface area contributed by atoms with Gasteiger partial charge in [0.15, 0.2) is 0 Å². The Bertz CT molecular complexity index is 970. The summed E-state index contributed by atoms with van der Waals surface area (Å²) in [6, 6.07) is 10.7. The smallest absolute Gasteiger partial charge is 0.251 e. The summed E-state index contributed by atoms with van der Waals surface area (Å²) in [5.74, 6) is -1.50. The van der Waals surface area contributed by atoms with Gasteiger partial charge in [-0.1, -0.05) is 18.2 Å². The number of halogens is 1. The Labute approximate surface area is 168 Å². The highest BCUT2D eigenvalue weighted by atomic mass is 19.1. The molecule has 1 unspecified atom stereocenters. The summed E-state index contributed by atoms with van der Waals surface area (Å²) in [7, 11) is 0. The van der Waals surface area contributed by atoms with Crippen molar-refractivity contribution in [1.82, 2.24) is 5.32 Å². The maximum atomic E-state index is 12.9. The molecule has 1 heterocycles. The molecule has 6 nitrogen and oxygen atoms in total. The Balaban J connectivity index is 1.50. The van der Waals surface area contributed by atoms with Crippen LogP contribution in [-0.4, -0.2) is 24.3 Å². The second kappa shape index (κ2) is 8.68. The minimum atomic E-state index is -0.472.